The summed E-state index contributed by atoms with van der Waals surface area (Å²) in [6, 6.07) is 1.58. The quantitative estimate of drug-likeness (QED) is 0.265. The molecular formula is C32H43BrN6O7. The van der Waals surface area contributed by atoms with Crippen LogP contribution in [0.25, 0.3) is 10.9 Å². The van der Waals surface area contributed by atoms with Crippen molar-refractivity contribution in [1.29, 1.82) is 0 Å². The van der Waals surface area contributed by atoms with Gasteiger partial charge < -0.3 is 36.3 Å². The fraction of sp³-hybridized carbons (Fsp3) is 0.562. The maximum atomic E-state index is 14.0. The van der Waals surface area contributed by atoms with E-state index in [1.54, 1.807) is 20.8 Å². The van der Waals surface area contributed by atoms with E-state index in [-0.39, 0.29) is 25.3 Å². The second-order valence-corrected chi connectivity index (χ2v) is 14.4. The third-order valence-corrected chi connectivity index (χ3v) is 9.07. The summed E-state index contributed by atoms with van der Waals surface area (Å²) in [6.07, 6.45) is 0.276. The van der Waals surface area contributed by atoms with Crippen molar-refractivity contribution in [1.82, 2.24) is 31.2 Å². The average Bonchev–Trinajstić information content (AvgIpc) is 3.57. The van der Waals surface area contributed by atoms with E-state index in [1.165, 1.54) is 4.90 Å². The van der Waals surface area contributed by atoms with E-state index in [2.05, 4.69) is 42.2 Å². The first-order valence-electron chi connectivity index (χ1n) is 15.6. The maximum Gasteiger partial charge on any atom is 0.305 e. The standard InChI is InChI=1S/C32H43BrN6O7/c1-16(2)13-20-27(42)35-21(14-18-17-9-6-7-10-19(17)34-26(18)33)28(43)37-22(15-24(40)41)31(46)39-12-8-11-23(39)29(44)38-25(30(45)36-20)32(3,4)5/h6-7,9-10,16,20-23,25,34H,8,11-15H2,1-5H3,(H,35,42)(H,36,45)(H,37,43)(H,38,44)(H,40,41)/t20-,21-,22+,23-,25-/m0/s1. The summed E-state index contributed by atoms with van der Waals surface area (Å²) in [6.45, 7) is 9.29. The van der Waals surface area contributed by atoms with Crippen LogP contribution in [0.15, 0.2) is 28.9 Å². The largest absolute Gasteiger partial charge is 0.481 e. The number of aliphatic carboxylic acids is 1. The number of aromatic amines is 1. The number of carboxylic acids is 1. The molecule has 4 rings (SSSR count). The SMILES string of the molecule is CC(C)C[C@@H]1NC(=O)[C@@H](C(C)(C)C)NC(=O)[C@@H]2CCCN2C(=O)[C@@H](CC(=O)O)NC(=O)[C@H](Cc2c(Br)[nH]c3ccccc23)NC1=O. The first kappa shape index (κ1) is 34.9. The highest BCUT2D eigenvalue weighted by Gasteiger charge is 2.43. The topological polar surface area (TPSA) is 190 Å². The van der Waals surface area contributed by atoms with Crippen LogP contribution in [0.3, 0.4) is 0 Å². The minimum Gasteiger partial charge on any atom is -0.481 e. The molecule has 0 unspecified atom stereocenters. The number of benzene rings is 1. The lowest BCUT2D eigenvalue weighted by Gasteiger charge is -2.34. The van der Waals surface area contributed by atoms with Gasteiger partial charge in [-0.15, -0.1) is 0 Å². The highest BCUT2D eigenvalue weighted by Crippen LogP contribution is 2.28. The number of aromatic nitrogens is 1. The Morgan fingerprint density at radius 1 is 0.935 bits per heavy atom. The molecule has 6 N–H and O–H groups in total. The van der Waals surface area contributed by atoms with Crippen molar-refractivity contribution in [2.24, 2.45) is 11.3 Å². The minimum absolute atomic E-state index is 0.0184. The molecule has 0 saturated carbocycles. The molecule has 3 heterocycles. The molecule has 14 heteroatoms. The lowest BCUT2D eigenvalue weighted by Crippen LogP contribution is -2.60. The Kier molecular flexibility index (Phi) is 10.8. The number of hydrogen-bond donors (Lipinski definition) is 6. The zero-order valence-electron chi connectivity index (χ0n) is 26.7. The van der Waals surface area contributed by atoms with E-state index in [4.69, 9.17) is 0 Å². The van der Waals surface area contributed by atoms with Crippen LogP contribution in [0.1, 0.15) is 65.9 Å². The molecule has 2 saturated heterocycles. The number of halogens is 1. The first-order valence-corrected chi connectivity index (χ1v) is 16.3. The number of H-pyrrole nitrogens is 1. The summed E-state index contributed by atoms with van der Waals surface area (Å²) < 4.78 is 0.592. The zero-order valence-corrected chi connectivity index (χ0v) is 28.3. The van der Waals surface area contributed by atoms with Gasteiger partial charge in [0.25, 0.3) is 0 Å². The van der Waals surface area contributed by atoms with Crippen LogP contribution in [0.4, 0.5) is 0 Å². The van der Waals surface area contributed by atoms with Crippen molar-refractivity contribution in [3.05, 3.63) is 34.4 Å². The van der Waals surface area contributed by atoms with Gasteiger partial charge in [0.05, 0.1) is 11.0 Å². The highest BCUT2D eigenvalue weighted by molar-refractivity contribution is 9.10. The predicted octanol–water partition coefficient (Wildman–Crippen LogP) is 1.98. The number of nitrogens with one attached hydrogen (secondary N) is 5. The molecule has 46 heavy (non-hydrogen) atoms. The van der Waals surface area contributed by atoms with Gasteiger partial charge in [0.15, 0.2) is 0 Å². The van der Waals surface area contributed by atoms with E-state index in [9.17, 15) is 33.9 Å². The summed E-state index contributed by atoms with van der Waals surface area (Å²) in [4.78, 5) is 85.4. The van der Waals surface area contributed by atoms with Gasteiger partial charge in [0.1, 0.15) is 30.2 Å². The minimum atomic E-state index is -1.50. The first-order chi connectivity index (χ1) is 21.6. The normalized spacial score (nSPS) is 25.3. The van der Waals surface area contributed by atoms with Gasteiger partial charge >= 0.3 is 5.97 Å². The fourth-order valence-corrected chi connectivity index (χ4v) is 6.66. The van der Waals surface area contributed by atoms with Crippen molar-refractivity contribution in [2.75, 3.05) is 6.54 Å². The molecule has 1 aromatic heterocycles. The van der Waals surface area contributed by atoms with Crippen molar-refractivity contribution < 1.29 is 33.9 Å². The summed E-state index contributed by atoms with van der Waals surface area (Å²) in [7, 11) is 0. The number of carbonyl (C=O) groups excluding carboxylic acids is 5. The number of carbonyl (C=O) groups is 6. The fourth-order valence-electron chi connectivity index (χ4n) is 6.07. The summed E-state index contributed by atoms with van der Waals surface area (Å²) >= 11 is 3.52. The van der Waals surface area contributed by atoms with Crippen LogP contribution in [0, 0.1) is 11.3 Å². The van der Waals surface area contributed by atoms with Gasteiger partial charge in [-0.05, 0) is 58.2 Å². The Labute approximate surface area is 276 Å². The number of hydrogen-bond acceptors (Lipinski definition) is 6. The molecule has 2 aliphatic heterocycles. The van der Waals surface area contributed by atoms with Crippen LogP contribution in [0.2, 0.25) is 0 Å². The molecule has 0 bridgehead atoms. The van der Waals surface area contributed by atoms with Crippen molar-refractivity contribution in [3.63, 3.8) is 0 Å². The molecule has 2 aromatic rings. The molecule has 1 aromatic carbocycles. The van der Waals surface area contributed by atoms with Crippen molar-refractivity contribution >= 4 is 62.3 Å². The summed E-state index contributed by atoms with van der Waals surface area (Å²) in [5.74, 6) is -4.62. The van der Waals surface area contributed by atoms with Gasteiger partial charge in [-0.3, -0.25) is 28.8 Å². The Balaban J connectivity index is 1.80. The Morgan fingerprint density at radius 2 is 1.57 bits per heavy atom. The molecule has 5 amide bonds. The zero-order chi connectivity index (χ0) is 33.9. The van der Waals surface area contributed by atoms with Crippen LogP contribution in [0.5, 0.6) is 0 Å². The predicted molar refractivity (Wildman–Crippen MR) is 173 cm³/mol. The number of amides is 5. The smallest absolute Gasteiger partial charge is 0.305 e. The van der Waals surface area contributed by atoms with Crippen molar-refractivity contribution in [3.8, 4) is 0 Å². The number of nitrogens with zero attached hydrogens (tertiary/aromatic N) is 1. The molecule has 250 valence electrons. The van der Waals surface area contributed by atoms with E-state index in [0.717, 1.165) is 10.9 Å². The second-order valence-electron chi connectivity index (χ2n) is 13.6. The third kappa shape index (κ3) is 8.06. The lowest BCUT2D eigenvalue weighted by atomic mass is 9.85. The molecule has 2 fully saturated rings. The van der Waals surface area contributed by atoms with Crippen LogP contribution >= 0.6 is 15.9 Å². The number of carboxylic acid groups (broad SMARTS) is 1. The van der Waals surface area contributed by atoms with Gasteiger partial charge in [-0.2, -0.15) is 0 Å². The van der Waals surface area contributed by atoms with E-state index < -0.39 is 77.6 Å². The number of rotatable bonds is 6. The van der Waals surface area contributed by atoms with Gasteiger partial charge in [-0.1, -0.05) is 52.8 Å². The van der Waals surface area contributed by atoms with Gasteiger partial charge in [-0.25, -0.2) is 0 Å². The van der Waals surface area contributed by atoms with Crippen LogP contribution in [-0.4, -0.2) is 87.2 Å². The average molecular weight is 704 g/mol. The van der Waals surface area contributed by atoms with E-state index >= 15 is 0 Å². The molecule has 0 spiro atoms. The molecule has 0 radical (unpaired) electrons. The Hall–Kier alpha value is -3.94. The molecule has 5 atom stereocenters. The van der Waals surface area contributed by atoms with Gasteiger partial charge in [0.2, 0.25) is 29.5 Å². The van der Waals surface area contributed by atoms with E-state index in [1.807, 2.05) is 38.1 Å². The monoisotopic (exact) mass is 702 g/mol. The van der Waals surface area contributed by atoms with Crippen molar-refractivity contribution in [2.45, 2.75) is 96.9 Å². The maximum absolute atomic E-state index is 14.0. The van der Waals surface area contributed by atoms with Crippen LogP contribution < -0.4 is 21.3 Å². The second kappa shape index (κ2) is 14.2. The molecular weight excluding hydrogens is 660 g/mol. The van der Waals surface area contributed by atoms with Gasteiger partial charge in [0, 0.05) is 23.9 Å². The Bertz CT molecular complexity index is 1520. The lowest BCUT2D eigenvalue weighted by molar-refractivity contribution is -0.146. The highest BCUT2D eigenvalue weighted by atomic mass is 79.9. The van der Waals surface area contributed by atoms with E-state index in [0.29, 0.717) is 23.0 Å². The van der Waals surface area contributed by atoms with Crippen LogP contribution in [-0.2, 0) is 35.2 Å². The number of para-hydroxylation sites is 1. The molecule has 2 aliphatic rings. The summed E-state index contributed by atoms with van der Waals surface area (Å²) in [5, 5.41) is 21.4. The molecule has 0 aliphatic carbocycles. The third-order valence-electron chi connectivity index (χ3n) is 8.39. The Morgan fingerprint density at radius 3 is 2.22 bits per heavy atom. The summed E-state index contributed by atoms with van der Waals surface area (Å²) in [5.41, 5.74) is 0.706. The number of fused-ring (bicyclic) bond motifs is 2. The molecule has 13 nitrogen and oxygen atoms in total.